The minimum absolute atomic E-state index is 0.192. The Morgan fingerprint density at radius 3 is 2.30 bits per heavy atom. The van der Waals surface area contributed by atoms with E-state index < -0.39 is 0 Å². The summed E-state index contributed by atoms with van der Waals surface area (Å²) in [6.07, 6.45) is 16.7. The van der Waals surface area contributed by atoms with E-state index in [-0.39, 0.29) is 5.92 Å². The standard InChI is InChI=1S/C28H43N5/c1-11-22(6)24(8)21-31-19-16-18-30-20-17-23(7)26(13-3)27(14-4)33(15-5)28(29-10)32-25(9)12-2/h11,13-14,16-17,19-21,23,30H,8-10,12,15,18H2,1-7H3/b19-16-,20-17+,22-11+,26-13-,27-14+,31-21-,32-28+. The SMILES string of the molecule is C=N/C(=N\C(=C)CC)N(CC)C(=C/C)/C(=C\C)C(C)/C=C/NC/C=C\N=C/C(=C)/C(C)=C/C. The molecule has 0 aliphatic rings. The fraction of sp³-hybridized carbons (Fsp3) is 0.393. The number of allylic oxidation sites excluding steroid dienone is 8. The zero-order valence-corrected chi connectivity index (χ0v) is 21.7. The van der Waals surface area contributed by atoms with Crippen LogP contribution in [0.3, 0.4) is 0 Å². The molecule has 0 aromatic heterocycles. The molecule has 5 nitrogen and oxygen atoms in total. The molecule has 1 atom stereocenters. The van der Waals surface area contributed by atoms with Crippen molar-refractivity contribution in [3.63, 3.8) is 0 Å². The van der Waals surface area contributed by atoms with Gasteiger partial charge in [0.25, 0.3) is 0 Å². The van der Waals surface area contributed by atoms with Crippen molar-refractivity contribution in [2.24, 2.45) is 20.9 Å². The Kier molecular flexibility index (Phi) is 15.7. The van der Waals surface area contributed by atoms with E-state index in [0.29, 0.717) is 12.5 Å². The van der Waals surface area contributed by atoms with Crippen LogP contribution in [0.25, 0.3) is 0 Å². The first kappa shape index (κ1) is 29.8. The van der Waals surface area contributed by atoms with Crippen LogP contribution in [0.1, 0.15) is 54.9 Å². The normalized spacial score (nSPS) is 14.9. The second kappa shape index (κ2) is 17.4. The summed E-state index contributed by atoms with van der Waals surface area (Å²) in [5.41, 5.74) is 5.08. The lowest BCUT2D eigenvalue weighted by molar-refractivity contribution is 0.530. The van der Waals surface area contributed by atoms with Gasteiger partial charge in [0, 0.05) is 42.8 Å². The van der Waals surface area contributed by atoms with Crippen LogP contribution >= 0.6 is 0 Å². The Balaban J connectivity index is 5.18. The predicted molar refractivity (Wildman–Crippen MR) is 149 cm³/mol. The van der Waals surface area contributed by atoms with Crippen LogP contribution in [0.4, 0.5) is 0 Å². The van der Waals surface area contributed by atoms with Crippen LogP contribution in [0.5, 0.6) is 0 Å². The zero-order chi connectivity index (χ0) is 25.2. The maximum absolute atomic E-state index is 4.56. The van der Waals surface area contributed by atoms with Crippen LogP contribution < -0.4 is 5.32 Å². The molecule has 0 aliphatic carbocycles. The number of aliphatic imine (C=N–C) groups is 3. The topological polar surface area (TPSA) is 52.4 Å². The van der Waals surface area contributed by atoms with Gasteiger partial charge in [0.05, 0.1) is 0 Å². The van der Waals surface area contributed by atoms with Crippen LogP contribution in [0, 0.1) is 5.92 Å². The minimum Gasteiger partial charge on any atom is -0.388 e. The number of guanidine groups is 1. The molecular weight excluding hydrogens is 406 g/mol. The number of likely N-dealkylation sites (N-methyl/N-ethyl adjacent to an activating group) is 1. The monoisotopic (exact) mass is 449 g/mol. The Morgan fingerprint density at radius 2 is 1.79 bits per heavy atom. The first-order chi connectivity index (χ1) is 15.8. The fourth-order valence-corrected chi connectivity index (χ4v) is 2.93. The number of nitrogens with one attached hydrogen (secondary N) is 1. The summed E-state index contributed by atoms with van der Waals surface area (Å²) in [4.78, 5) is 15.1. The van der Waals surface area contributed by atoms with Crippen LogP contribution in [-0.4, -0.2) is 36.9 Å². The fourth-order valence-electron chi connectivity index (χ4n) is 2.93. The molecule has 0 rings (SSSR count). The van der Waals surface area contributed by atoms with Crippen molar-refractivity contribution in [3.8, 4) is 0 Å². The Labute approximate surface area is 202 Å². The molecule has 0 bridgehead atoms. The number of hydrogen-bond donors (Lipinski definition) is 1. The van der Waals surface area contributed by atoms with E-state index in [4.69, 9.17) is 0 Å². The first-order valence-electron chi connectivity index (χ1n) is 11.5. The summed E-state index contributed by atoms with van der Waals surface area (Å²) in [6, 6.07) is 0. The van der Waals surface area contributed by atoms with Crippen LogP contribution in [0.2, 0.25) is 0 Å². The molecule has 0 aromatic carbocycles. The molecule has 5 heteroatoms. The minimum atomic E-state index is 0.192. The molecule has 33 heavy (non-hydrogen) atoms. The molecule has 1 N–H and O–H groups in total. The van der Waals surface area contributed by atoms with Gasteiger partial charge in [-0.2, -0.15) is 0 Å². The highest BCUT2D eigenvalue weighted by atomic mass is 15.3. The summed E-state index contributed by atoms with van der Waals surface area (Å²) >= 11 is 0. The van der Waals surface area contributed by atoms with Gasteiger partial charge in [-0.25, -0.2) is 9.98 Å². The Hall–Kier alpha value is -3.21. The van der Waals surface area contributed by atoms with Crippen LogP contribution in [0.15, 0.2) is 99.0 Å². The molecule has 0 aliphatic heterocycles. The van der Waals surface area contributed by atoms with Gasteiger partial charge < -0.3 is 10.2 Å². The second-order valence-electron chi connectivity index (χ2n) is 7.37. The summed E-state index contributed by atoms with van der Waals surface area (Å²) in [5.74, 6) is 0.765. The van der Waals surface area contributed by atoms with Gasteiger partial charge in [0.15, 0.2) is 0 Å². The zero-order valence-electron chi connectivity index (χ0n) is 21.7. The lowest BCUT2D eigenvalue weighted by Gasteiger charge is -2.28. The van der Waals surface area contributed by atoms with Gasteiger partial charge in [-0.3, -0.25) is 4.99 Å². The maximum atomic E-state index is 4.56. The molecular formula is C28H43N5. The quantitative estimate of drug-likeness (QED) is 0.143. The third-order valence-corrected chi connectivity index (χ3v) is 5.13. The largest absolute Gasteiger partial charge is 0.388 e. The van der Waals surface area contributed by atoms with Crippen molar-refractivity contribution in [1.29, 1.82) is 0 Å². The second-order valence-corrected chi connectivity index (χ2v) is 7.37. The summed E-state index contributed by atoms with van der Waals surface area (Å²) < 4.78 is 0. The van der Waals surface area contributed by atoms with Crippen molar-refractivity contribution in [3.05, 3.63) is 84.1 Å². The molecule has 180 valence electrons. The molecule has 0 saturated carbocycles. The average molecular weight is 450 g/mol. The highest BCUT2D eigenvalue weighted by molar-refractivity contribution is 5.87. The van der Waals surface area contributed by atoms with E-state index in [2.05, 4.69) is 84.1 Å². The average Bonchev–Trinajstić information content (AvgIpc) is 2.83. The third-order valence-electron chi connectivity index (χ3n) is 5.13. The maximum Gasteiger partial charge on any atom is 0.229 e. The molecule has 1 unspecified atom stereocenters. The summed E-state index contributed by atoms with van der Waals surface area (Å²) in [6.45, 7) is 27.5. The van der Waals surface area contributed by atoms with Gasteiger partial charge in [0.2, 0.25) is 5.96 Å². The molecule has 0 heterocycles. The van der Waals surface area contributed by atoms with E-state index >= 15 is 0 Å². The molecule has 0 aromatic rings. The lowest BCUT2D eigenvalue weighted by atomic mass is 9.96. The lowest BCUT2D eigenvalue weighted by Crippen LogP contribution is -2.31. The van der Waals surface area contributed by atoms with Crippen molar-refractivity contribution in [1.82, 2.24) is 10.2 Å². The molecule has 0 saturated heterocycles. The van der Waals surface area contributed by atoms with Gasteiger partial charge in [-0.05, 0) is 76.8 Å². The number of hydrogen-bond acceptors (Lipinski definition) is 3. The van der Waals surface area contributed by atoms with Gasteiger partial charge in [-0.1, -0.05) is 51.3 Å². The van der Waals surface area contributed by atoms with E-state index in [0.717, 1.165) is 35.5 Å². The Bertz CT molecular complexity index is 863. The van der Waals surface area contributed by atoms with Gasteiger partial charge >= 0.3 is 0 Å². The van der Waals surface area contributed by atoms with Crippen LogP contribution in [-0.2, 0) is 0 Å². The van der Waals surface area contributed by atoms with Gasteiger partial charge in [0.1, 0.15) is 0 Å². The van der Waals surface area contributed by atoms with E-state index in [9.17, 15) is 0 Å². The van der Waals surface area contributed by atoms with E-state index in [1.165, 1.54) is 5.57 Å². The van der Waals surface area contributed by atoms with Crippen molar-refractivity contribution in [2.75, 3.05) is 13.1 Å². The Morgan fingerprint density at radius 1 is 1.09 bits per heavy atom. The van der Waals surface area contributed by atoms with Crippen molar-refractivity contribution in [2.45, 2.75) is 54.9 Å². The first-order valence-corrected chi connectivity index (χ1v) is 11.5. The van der Waals surface area contributed by atoms with Crippen molar-refractivity contribution < 1.29 is 0 Å². The van der Waals surface area contributed by atoms with E-state index in [1.807, 2.05) is 46.0 Å². The smallest absolute Gasteiger partial charge is 0.229 e. The van der Waals surface area contributed by atoms with E-state index in [1.54, 1.807) is 12.4 Å². The van der Waals surface area contributed by atoms with Gasteiger partial charge in [-0.15, -0.1) is 0 Å². The third kappa shape index (κ3) is 10.8. The summed E-state index contributed by atoms with van der Waals surface area (Å²) in [5, 5.41) is 3.29. The highest BCUT2D eigenvalue weighted by Crippen LogP contribution is 2.25. The number of rotatable bonds is 13. The molecule has 0 fully saturated rings. The summed E-state index contributed by atoms with van der Waals surface area (Å²) in [7, 11) is 0. The van der Waals surface area contributed by atoms with Crippen molar-refractivity contribution >= 4 is 18.9 Å². The predicted octanol–water partition coefficient (Wildman–Crippen LogP) is 6.99. The molecule has 0 spiro atoms. The molecule has 0 amide bonds. The highest BCUT2D eigenvalue weighted by Gasteiger charge is 2.19. The molecule has 0 radical (unpaired) electrons. The number of nitrogens with zero attached hydrogens (tertiary/aromatic N) is 4.